The van der Waals surface area contributed by atoms with Crippen molar-refractivity contribution < 1.29 is 0 Å². The van der Waals surface area contributed by atoms with Gasteiger partial charge in [-0.05, 0) is 250 Å². The Bertz CT molecular complexity index is 5840. The summed E-state index contributed by atoms with van der Waals surface area (Å²) in [6.45, 7) is 0. The van der Waals surface area contributed by atoms with Crippen LogP contribution in [0, 0.1) is 0 Å². The molecule has 3 heteroatoms. The van der Waals surface area contributed by atoms with E-state index in [1.165, 1.54) is 197 Å². The molecule has 0 amide bonds. The third-order valence-corrected chi connectivity index (χ3v) is 23.3. The highest BCUT2D eigenvalue weighted by Crippen LogP contribution is 2.58. The zero-order valence-electron chi connectivity index (χ0n) is 62.0. The van der Waals surface area contributed by atoms with Crippen molar-refractivity contribution in [3.8, 4) is 111 Å². The number of rotatable bonds is 14. The van der Waals surface area contributed by atoms with Gasteiger partial charge in [0.25, 0.3) is 0 Å². The maximum Gasteiger partial charge on any atom is 0.0387 e. The SMILES string of the molecule is c1ccc(-c2ccc(-c3ccc(Nc4ccc(-c5cccc(-c6ccccc6)c5)cc4)cc3)cc2)cc1.c1ccc(-c2cccc(-c3ccc(Nc4ccc5c(c4)C4(CCCC4)c4ccccc4-5)cc3)c2)cc1.c1ccc(-c2cccc(-c3ccc(Nc4ccc5c(c4)C4(CCCCC4)c4ccccc4-5)cc3)c2)cc1. The van der Waals surface area contributed by atoms with Crippen molar-refractivity contribution in [3.63, 3.8) is 0 Å². The Labute approximate surface area is 648 Å². The normalized spacial score (nSPS) is 13.6. The Balaban J connectivity index is 0.000000116. The van der Waals surface area contributed by atoms with Crippen LogP contribution in [0.25, 0.3) is 111 Å². The molecule has 16 aromatic rings. The van der Waals surface area contributed by atoms with Crippen molar-refractivity contribution in [1.29, 1.82) is 0 Å². The molecule has 110 heavy (non-hydrogen) atoms. The van der Waals surface area contributed by atoms with Crippen LogP contribution in [-0.4, -0.2) is 0 Å². The molecule has 530 valence electrons. The van der Waals surface area contributed by atoms with E-state index in [4.69, 9.17) is 0 Å². The first kappa shape index (κ1) is 68.7. The van der Waals surface area contributed by atoms with Crippen LogP contribution in [0.2, 0.25) is 0 Å². The van der Waals surface area contributed by atoms with E-state index in [1.54, 1.807) is 5.56 Å². The van der Waals surface area contributed by atoms with Crippen molar-refractivity contribution >= 4 is 34.1 Å². The van der Waals surface area contributed by atoms with Crippen molar-refractivity contribution in [1.82, 2.24) is 0 Å². The van der Waals surface area contributed by atoms with E-state index < -0.39 is 0 Å². The van der Waals surface area contributed by atoms with Crippen LogP contribution in [0.3, 0.4) is 0 Å². The number of fused-ring (bicyclic) bond motifs is 10. The summed E-state index contributed by atoms with van der Waals surface area (Å²) >= 11 is 0. The first-order valence-corrected chi connectivity index (χ1v) is 39.3. The van der Waals surface area contributed by atoms with Gasteiger partial charge in [-0.1, -0.05) is 341 Å². The lowest BCUT2D eigenvalue weighted by Gasteiger charge is -2.36. The van der Waals surface area contributed by atoms with Crippen molar-refractivity contribution in [3.05, 3.63) is 423 Å². The van der Waals surface area contributed by atoms with Gasteiger partial charge in [0.1, 0.15) is 0 Å². The van der Waals surface area contributed by atoms with Gasteiger partial charge in [0.2, 0.25) is 0 Å². The average molecular weight is 1410 g/mol. The van der Waals surface area contributed by atoms with Gasteiger partial charge in [-0.25, -0.2) is 0 Å². The summed E-state index contributed by atoms with van der Waals surface area (Å²) in [6, 6.07) is 144. The molecule has 0 unspecified atom stereocenters. The molecule has 0 aromatic heterocycles. The third kappa shape index (κ3) is 14.3. The Morgan fingerprint density at radius 3 is 0.664 bits per heavy atom. The number of nitrogens with one attached hydrogen (secondary N) is 3. The second-order valence-corrected chi connectivity index (χ2v) is 30.0. The fraction of sp³-hybridized carbons (Fsp3) is 0.103. The highest BCUT2D eigenvalue weighted by atomic mass is 14.9. The molecule has 0 atom stereocenters. The fourth-order valence-corrected chi connectivity index (χ4v) is 17.8. The molecule has 2 fully saturated rings. The summed E-state index contributed by atoms with van der Waals surface area (Å²) < 4.78 is 0. The Hall–Kier alpha value is -13.1. The topological polar surface area (TPSA) is 36.1 Å². The molecule has 0 saturated heterocycles. The summed E-state index contributed by atoms with van der Waals surface area (Å²) in [4.78, 5) is 0. The van der Waals surface area contributed by atoms with Gasteiger partial charge in [-0.15, -0.1) is 0 Å². The van der Waals surface area contributed by atoms with E-state index >= 15 is 0 Å². The number of benzene rings is 16. The molecule has 20 rings (SSSR count). The monoisotopic (exact) mass is 1410 g/mol. The Kier molecular flexibility index (Phi) is 19.4. The summed E-state index contributed by atoms with van der Waals surface area (Å²) in [7, 11) is 0. The Morgan fingerprint density at radius 1 is 0.145 bits per heavy atom. The minimum atomic E-state index is 0.190. The van der Waals surface area contributed by atoms with Gasteiger partial charge in [0.15, 0.2) is 0 Å². The minimum absolute atomic E-state index is 0.190. The van der Waals surface area contributed by atoms with Gasteiger partial charge < -0.3 is 16.0 Å². The maximum absolute atomic E-state index is 3.70. The molecule has 3 nitrogen and oxygen atoms in total. The minimum Gasteiger partial charge on any atom is -0.356 e. The second-order valence-electron chi connectivity index (χ2n) is 30.0. The van der Waals surface area contributed by atoms with Gasteiger partial charge in [-0.3, -0.25) is 0 Å². The summed E-state index contributed by atoms with van der Waals surface area (Å²) in [5.41, 5.74) is 38.7. The zero-order valence-corrected chi connectivity index (χ0v) is 62.0. The van der Waals surface area contributed by atoms with Crippen molar-refractivity contribution in [2.24, 2.45) is 0 Å². The predicted molar refractivity (Wildman–Crippen MR) is 466 cm³/mol. The quantitative estimate of drug-likeness (QED) is 0.102. The molecule has 16 aromatic carbocycles. The Morgan fingerprint density at radius 2 is 0.355 bits per heavy atom. The van der Waals surface area contributed by atoms with E-state index in [0.29, 0.717) is 0 Å². The van der Waals surface area contributed by atoms with E-state index in [9.17, 15) is 0 Å². The molecular formula is C107H87N3. The average Bonchev–Trinajstić information content (AvgIpc) is 1.57. The lowest BCUT2D eigenvalue weighted by atomic mass is 9.68. The number of hydrogen-bond donors (Lipinski definition) is 3. The smallest absolute Gasteiger partial charge is 0.0387 e. The van der Waals surface area contributed by atoms with Crippen LogP contribution < -0.4 is 16.0 Å². The molecule has 2 spiro atoms. The van der Waals surface area contributed by atoms with Crippen LogP contribution >= 0.6 is 0 Å². The molecule has 0 radical (unpaired) electrons. The summed E-state index contributed by atoms with van der Waals surface area (Å²) in [5, 5.41) is 10.9. The van der Waals surface area contributed by atoms with E-state index in [2.05, 4.69) is 410 Å². The van der Waals surface area contributed by atoms with Gasteiger partial charge in [-0.2, -0.15) is 0 Å². The maximum atomic E-state index is 3.70. The van der Waals surface area contributed by atoms with Crippen molar-refractivity contribution in [2.45, 2.75) is 68.6 Å². The van der Waals surface area contributed by atoms with E-state index in [0.717, 1.165) is 22.7 Å². The van der Waals surface area contributed by atoms with Crippen LogP contribution in [0.4, 0.5) is 34.1 Å². The summed E-state index contributed by atoms with van der Waals surface area (Å²) in [5.74, 6) is 0. The first-order chi connectivity index (χ1) is 54.4. The fourth-order valence-electron chi connectivity index (χ4n) is 17.8. The standard InChI is InChI=1S/C36H31N.C36H27N.C35H29N/c1-3-10-26(11-4-1)28-12-9-13-29(24-28)27-16-18-30(19-17-27)37-31-20-21-33-32-14-5-6-15-34(32)36(35(33)25-31)22-7-2-8-23-36;1-3-8-27(9-4-1)29-14-16-30(17-15-29)31-18-22-35(23-19-31)37-36-24-20-32(21-25-36)34-13-7-12-33(26-34)28-10-5-2-6-11-28;1-2-9-25(10-3-1)27-11-8-12-28(23-27)26-15-17-29(18-16-26)36-30-19-20-32-31-13-4-5-14-33(31)35(34(32)24-30)21-6-7-22-35/h1,3-6,9-21,24-25,37H,2,7-8,22-23H2;1-26,37H;1-5,8-20,23-24,36H,6-7,21-22H2. The molecule has 0 bridgehead atoms. The largest absolute Gasteiger partial charge is 0.356 e. The van der Waals surface area contributed by atoms with Crippen LogP contribution in [0.5, 0.6) is 0 Å². The molecule has 0 aliphatic heterocycles. The molecule has 0 heterocycles. The zero-order chi connectivity index (χ0) is 73.5. The lowest BCUT2D eigenvalue weighted by Crippen LogP contribution is -2.28. The van der Waals surface area contributed by atoms with Crippen LogP contribution in [0.1, 0.15) is 80.0 Å². The predicted octanol–water partition coefficient (Wildman–Crippen LogP) is 29.7. The first-order valence-electron chi connectivity index (χ1n) is 39.3. The number of hydrogen-bond acceptors (Lipinski definition) is 3. The van der Waals surface area contributed by atoms with Crippen LogP contribution in [0.15, 0.2) is 400 Å². The van der Waals surface area contributed by atoms with E-state index in [-0.39, 0.29) is 10.8 Å². The third-order valence-electron chi connectivity index (χ3n) is 23.3. The summed E-state index contributed by atoms with van der Waals surface area (Å²) in [6.07, 6.45) is 11.7. The van der Waals surface area contributed by atoms with Crippen LogP contribution in [-0.2, 0) is 10.8 Å². The van der Waals surface area contributed by atoms with Gasteiger partial charge in [0.05, 0.1) is 0 Å². The second kappa shape index (κ2) is 31.0. The molecule has 4 aliphatic rings. The number of anilines is 6. The lowest BCUT2D eigenvalue weighted by molar-refractivity contribution is 0.353. The van der Waals surface area contributed by atoms with Gasteiger partial charge >= 0.3 is 0 Å². The van der Waals surface area contributed by atoms with Gasteiger partial charge in [0, 0.05) is 45.0 Å². The molecule has 2 saturated carbocycles. The highest BCUT2D eigenvalue weighted by Gasteiger charge is 2.46. The highest BCUT2D eigenvalue weighted by molar-refractivity contribution is 5.87. The molecular weight excluding hydrogens is 1330 g/mol. The molecule has 4 aliphatic carbocycles. The van der Waals surface area contributed by atoms with E-state index in [1.807, 2.05) is 6.07 Å². The molecule has 3 N–H and O–H groups in total. The van der Waals surface area contributed by atoms with Crippen molar-refractivity contribution in [2.75, 3.05) is 16.0 Å².